The quantitative estimate of drug-likeness (QED) is 0.635. The molecule has 0 fully saturated rings. The molecule has 1 rings (SSSR count). The normalized spacial score (nSPS) is 12.2. The van der Waals surface area contributed by atoms with E-state index in [9.17, 15) is 4.79 Å². The predicted octanol–water partition coefficient (Wildman–Crippen LogP) is -0.238. The number of nitrogens with two attached hydrogens (primary N) is 1. The van der Waals surface area contributed by atoms with Gasteiger partial charge < -0.3 is 11.1 Å². The minimum absolute atomic E-state index is 0.268. The van der Waals surface area contributed by atoms with Gasteiger partial charge in [0, 0.05) is 6.20 Å². The highest BCUT2D eigenvalue weighted by Crippen LogP contribution is 1.97. The van der Waals surface area contributed by atoms with E-state index in [1.165, 1.54) is 6.20 Å². The summed E-state index contributed by atoms with van der Waals surface area (Å²) in [5, 5.41) is 9.76. The summed E-state index contributed by atoms with van der Waals surface area (Å²) in [6, 6.07) is 2.80. The molecule has 0 saturated carbocycles. The van der Waals surface area contributed by atoms with Crippen molar-refractivity contribution in [3.05, 3.63) is 18.3 Å². The molecule has 0 aliphatic rings. The number of carbonyl (C=O) groups excluding carboxylic acids is 1. The van der Waals surface area contributed by atoms with Gasteiger partial charge in [-0.3, -0.25) is 4.79 Å². The summed E-state index contributed by atoms with van der Waals surface area (Å²) in [5.74, 6) is 0.148. The third kappa shape index (κ3) is 2.28. The summed E-state index contributed by atoms with van der Waals surface area (Å²) < 4.78 is 0. The lowest BCUT2D eigenvalue weighted by atomic mass is 10.3. The zero-order chi connectivity index (χ0) is 8.97. The van der Waals surface area contributed by atoms with Crippen LogP contribution in [0.15, 0.2) is 18.3 Å². The van der Waals surface area contributed by atoms with Gasteiger partial charge in [0.15, 0.2) is 5.82 Å². The molecule has 1 aromatic rings. The molecule has 0 aliphatic carbocycles. The van der Waals surface area contributed by atoms with Crippen molar-refractivity contribution in [3.63, 3.8) is 0 Å². The van der Waals surface area contributed by atoms with Crippen molar-refractivity contribution < 1.29 is 4.79 Å². The summed E-state index contributed by atoms with van der Waals surface area (Å²) in [5.41, 5.74) is 5.32. The summed E-state index contributed by atoms with van der Waals surface area (Å²) in [6.45, 7) is 1.60. The van der Waals surface area contributed by atoms with Crippen LogP contribution in [-0.4, -0.2) is 22.1 Å². The molecule has 1 aromatic heterocycles. The average Bonchev–Trinajstić information content (AvgIpc) is 2.06. The van der Waals surface area contributed by atoms with E-state index in [4.69, 9.17) is 5.73 Å². The molecular formula is C7H10N4O. The fourth-order valence-corrected chi connectivity index (χ4v) is 0.608. The number of rotatable bonds is 2. The number of amides is 1. The second-order valence-electron chi connectivity index (χ2n) is 2.39. The molecule has 0 bridgehead atoms. The van der Waals surface area contributed by atoms with Gasteiger partial charge in [-0.1, -0.05) is 0 Å². The minimum atomic E-state index is -0.535. The Bertz CT molecular complexity index is 259. The van der Waals surface area contributed by atoms with Crippen LogP contribution in [0.5, 0.6) is 0 Å². The van der Waals surface area contributed by atoms with Gasteiger partial charge in [-0.2, -0.15) is 5.10 Å². The lowest BCUT2D eigenvalue weighted by Gasteiger charge is -2.04. The summed E-state index contributed by atoms with van der Waals surface area (Å²) in [4.78, 5) is 11.0. The average molecular weight is 166 g/mol. The first-order valence-electron chi connectivity index (χ1n) is 3.54. The van der Waals surface area contributed by atoms with E-state index in [1.54, 1.807) is 19.1 Å². The zero-order valence-corrected chi connectivity index (χ0v) is 6.69. The fraction of sp³-hybridized carbons (Fsp3) is 0.286. The van der Waals surface area contributed by atoms with E-state index >= 15 is 0 Å². The second-order valence-corrected chi connectivity index (χ2v) is 2.39. The Hall–Kier alpha value is -1.49. The van der Waals surface area contributed by atoms with Crippen LogP contribution in [0.4, 0.5) is 5.82 Å². The Labute approximate surface area is 70.0 Å². The molecule has 12 heavy (non-hydrogen) atoms. The number of nitrogens with one attached hydrogen (secondary N) is 1. The number of hydrogen-bond donors (Lipinski definition) is 2. The predicted molar refractivity (Wildman–Crippen MR) is 44.3 cm³/mol. The topological polar surface area (TPSA) is 80.9 Å². The van der Waals surface area contributed by atoms with Gasteiger partial charge in [0.05, 0.1) is 6.04 Å². The Kier molecular flexibility index (Phi) is 2.71. The van der Waals surface area contributed by atoms with Gasteiger partial charge in [0.25, 0.3) is 0 Å². The van der Waals surface area contributed by atoms with Crippen molar-refractivity contribution in [1.82, 2.24) is 10.2 Å². The largest absolute Gasteiger partial charge is 0.320 e. The van der Waals surface area contributed by atoms with Crippen molar-refractivity contribution in [2.45, 2.75) is 13.0 Å². The van der Waals surface area contributed by atoms with Crippen LogP contribution in [0.3, 0.4) is 0 Å². The maximum atomic E-state index is 11.0. The van der Waals surface area contributed by atoms with Gasteiger partial charge in [0.2, 0.25) is 5.91 Å². The summed E-state index contributed by atoms with van der Waals surface area (Å²) in [7, 11) is 0. The Balaban J connectivity index is 2.59. The van der Waals surface area contributed by atoms with Gasteiger partial charge in [-0.25, -0.2) is 0 Å². The van der Waals surface area contributed by atoms with Crippen LogP contribution < -0.4 is 11.1 Å². The first-order valence-corrected chi connectivity index (χ1v) is 3.54. The molecular weight excluding hydrogens is 156 g/mol. The van der Waals surface area contributed by atoms with E-state index in [2.05, 4.69) is 15.5 Å². The molecule has 5 nitrogen and oxygen atoms in total. The maximum Gasteiger partial charge on any atom is 0.242 e. The number of nitrogens with zero attached hydrogens (tertiary/aromatic N) is 2. The Morgan fingerprint density at radius 3 is 3.00 bits per heavy atom. The lowest BCUT2D eigenvalue weighted by molar-refractivity contribution is -0.117. The van der Waals surface area contributed by atoms with Crippen LogP contribution in [0.25, 0.3) is 0 Å². The molecule has 0 radical (unpaired) electrons. The molecule has 0 aliphatic heterocycles. The molecule has 5 heteroatoms. The first kappa shape index (κ1) is 8.61. The number of carbonyl (C=O) groups is 1. The zero-order valence-electron chi connectivity index (χ0n) is 6.69. The summed E-state index contributed by atoms with van der Waals surface area (Å²) >= 11 is 0. The number of hydrogen-bond acceptors (Lipinski definition) is 4. The van der Waals surface area contributed by atoms with Crippen LogP contribution >= 0.6 is 0 Å². The molecule has 0 saturated heterocycles. The highest BCUT2D eigenvalue weighted by Gasteiger charge is 2.07. The van der Waals surface area contributed by atoms with Crippen molar-refractivity contribution in [1.29, 1.82) is 0 Å². The van der Waals surface area contributed by atoms with Crippen molar-refractivity contribution in [2.75, 3.05) is 5.32 Å². The van der Waals surface area contributed by atoms with Crippen molar-refractivity contribution >= 4 is 11.7 Å². The van der Waals surface area contributed by atoms with Crippen LogP contribution in [-0.2, 0) is 4.79 Å². The molecule has 0 spiro atoms. The molecule has 1 atom stereocenters. The fourth-order valence-electron chi connectivity index (χ4n) is 0.608. The van der Waals surface area contributed by atoms with E-state index in [0.717, 1.165) is 0 Å². The number of anilines is 1. The first-order chi connectivity index (χ1) is 5.70. The third-order valence-electron chi connectivity index (χ3n) is 1.24. The van der Waals surface area contributed by atoms with Gasteiger partial charge in [-0.05, 0) is 19.1 Å². The van der Waals surface area contributed by atoms with Crippen LogP contribution in [0.1, 0.15) is 6.92 Å². The van der Waals surface area contributed by atoms with Gasteiger partial charge >= 0.3 is 0 Å². The smallest absolute Gasteiger partial charge is 0.242 e. The monoisotopic (exact) mass is 166 g/mol. The van der Waals surface area contributed by atoms with Crippen molar-refractivity contribution in [2.24, 2.45) is 5.73 Å². The van der Waals surface area contributed by atoms with E-state index in [-0.39, 0.29) is 5.91 Å². The van der Waals surface area contributed by atoms with Crippen LogP contribution in [0, 0.1) is 0 Å². The maximum absolute atomic E-state index is 11.0. The third-order valence-corrected chi connectivity index (χ3v) is 1.24. The Morgan fingerprint density at radius 2 is 2.50 bits per heavy atom. The van der Waals surface area contributed by atoms with E-state index in [1.807, 2.05) is 0 Å². The molecule has 3 N–H and O–H groups in total. The highest BCUT2D eigenvalue weighted by atomic mass is 16.2. The molecule has 64 valence electrons. The lowest BCUT2D eigenvalue weighted by Crippen LogP contribution is -2.32. The van der Waals surface area contributed by atoms with E-state index < -0.39 is 6.04 Å². The molecule has 0 aromatic carbocycles. The standard InChI is InChI=1S/C7H10N4O/c1-5(8)7(12)10-6-3-2-4-9-11-6/h2-5H,8H2,1H3,(H,10,11,12)/t5-/m1/s1. The van der Waals surface area contributed by atoms with Gasteiger partial charge in [-0.15, -0.1) is 5.10 Å². The molecule has 1 heterocycles. The molecule has 1 amide bonds. The molecule has 0 unspecified atom stereocenters. The van der Waals surface area contributed by atoms with E-state index in [0.29, 0.717) is 5.82 Å². The Morgan fingerprint density at radius 1 is 1.75 bits per heavy atom. The van der Waals surface area contributed by atoms with Gasteiger partial charge in [0.1, 0.15) is 0 Å². The second kappa shape index (κ2) is 3.77. The van der Waals surface area contributed by atoms with Crippen molar-refractivity contribution in [3.8, 4) is 0 Å². The number of aromatic nitrogens is 2. The summed E-state index contributed by atoms with van der Waals surface area (Å²) in [6.07, 6.45) is 1.53. The van der Waals surface area contributed by atoms with Crippen LogP contribution in [0.2, 0.25) is 0 Å². The SMILES string of the molecule is C[C@@H](N)C(=O)Nc1cccnn1. The minimum Gasteiger partial charge on any atom is -0.320 e. The highest BCUT2D eigenvalue weighted by molar-refractivity contribution is 5.93.